The number of aromatic amines is 1. The lowest BCUT2D eigenvalue weighted by Crippen LogP contribution is -2.44. The van der Waals surface area contributed by atoms with E-state index in [1.807, 2.05) is 24.4 Å². The molecule has 4 rings (SSSR count). The molecule has 0 radical (unpaired) electrons. The summed E-state index contributed by atoms with van der Waals surface area (Å²) in [4.78, 5) is 10.3. The van der Waals surface area contributed by atoms with Crippen LogP contribution in [0.4, 0.5) is 0 Å². The highest BCUT2D eigenvalue weighted by Gasteiger charge is 2.25. The number of H-pyrrole nitrogens is 1. The molecule has 1 saturated heterocycles. The molecule has 1 N–H and O–H groups in total. The predicted octanol–water partition coefficient (Wildman–Crippen LogP) is 3.43. The molecule has 5 heteroatoms. The first-order valence-corrected chi connectivity index (χ1v) is 8.08. The highest BCUT2D eigenvalue weighted by atomic mass is 16.5. The van der Waals surface area contributed by atoms with E-state index in [2.05, 4.69) is 34.8 Å². The topological polar surface area (TPSA) is 54.3 Å². The fourth-order valence-electron chi connectivity index (χ4n) is 3.51. The van der Waals surface area contributed by atoms with Crippen LogP contribution < -0.4 is 0 Å². The number of morpholine rings is 1. The summed E-state index contributed by atoms with van der Waals surface area (Å²) in [7, 11) is 0. The van der Waals surface area contributed by atoms with Crippen molar-refractivity contribution < 1.29 is 9.15 Å². The molecule has 0 amide bonds. The number of hydrogen-bond donors (Lipinski definition) is 1. The number of furan rings is 1. The molecule has 1 aliphatic rings. The van der Waals surface area contributed by atoms with Gasteiger partial charge in [0, 0.05) is 36.8 Å². The minimum atomic E-state index is 0.258. The fourth-order valence-corrected chi connectivity index (χ4v) is 3.51. The minimum absolute atomic E-state index is 0.258. The summed E-state index contributed by atoms with van der Waals surface area (Å²) in [5, 5.41) is 1.16. The summed E-state index contributed by atoms with van der Waals surface area (Å²) in [5.41, 5.74) is 3.17. The molecular formula is C18H21N3O2. The number of ether oxygens (including phenoxy) is 1. The number of aromatic nitrogens is 2. The van der Waals surface area contributed by atoms with E-state index in [0.717, 1.165) is 42.1 Å². The van der Waals surface area contributed by atoms with E-state index in [-0.39, 0.29) is 12.2 Å². The standard InChI is InChI=1S/C18H21N3O2/c1-12-9-21(10-13(2)23-12)11-15-14-5-3-7-19-18(14)20-17(15)16-6-4-8-22-16/h3-8,12-13H,9-11H2,1-2H3,(H,19,20). The summed E-state index contributed by atoms with van der Waals surface area (Å²) in [6.45, 7) is 7.00. The summed E-state index contributed by atoms with van der Waals surface area (Å²) >= 11 is 0. The van der Waals surface area contributed by atoms with Crippen LogP contribution >= 0.6 is 0 Å². The minimum Gasteiger partial charge on any atom is -0.463 e. The molecule has 120 valence electrons. The van der Waals surface area contributed by atoms with E-state index in [1.54, 1.807) is 6.26 Å². The summed E-state index contributed by atoms with van der Waals surface area (Å²) in [6, 6.07) is 8.00. The van der Waals surface area contributed by atoms with E-state index >= 15 is 0 Å². The van der Waals surface area contributed by atoms with Crippen molar-refractivity contribution in [1.82, 2.24) is 14.9 Å². The zero-order chi connectivity index (χ0) is 15.8. The number of fused-ring (bicyclic) bond motifs is 1. The second-order valence-corrected chi connectivity index (χ2v) is 6.31. The Balaban J connectivity index is 1.74. The average Bonchev–Trinajstić information content (AvgIpc) is 3.14. The number of hydrogen-bond acceptors (Lipinski definition) is 4. The van der Waals surface area contributed by atoms with Gasteiger partial charge in [-0.05, 0) is 38.1 Å². The van der Waals surface area contributed by atoms with E-state index in [1.165, 1.54) is 5.56 Å². The molecule has 4 heterocycles. The predicted molar refractivity (Wildman–Crippen MR) is 89.1 cm³/mol. The quantitative estimate of drug-likeness (QED) is 0.805. The van der Waals surface area contributed by atoms with Crippen molar-refractivity contribution in [1.29, 1.82) is 0 Å². The van der Waals surface area contributed by atoms with Crippen LogP contribution in [0, 0.1) is 0 Å². The van der Waals surface area contributed by atoms with Crippen LogP contribution in [0.25, 0.3) is 22.5 Å². The summed E-state index contributed by atoms with van der Waals surface area (Å²) in [5.74, 6) is 0.854. The monoisotopic (exact) mass is 311 g/mol. The van der Waals surface area contributed by atoms with Gasteiger partial charge in [0.05, 0.1) is 24.2 Å². The van der Waals surface area contributed by atoms with Crippen LogP contribution in [0.5, 0.6) is 0 Å². The van der Waals surface area contributed by atoms with Gasteiger partial charge in [-0.1, -0.05) is 0 Å². The molecule has 3 aromatic heterocycles. The van der Waals surface area contributed by atoms with Crippen LogP contribution in [0.3, 0.4) is 0 Å². The Morgan fingerprint density at radius 2 is 2.04 bits per heavy atom. The van der Waals surface area contributed by atoms with Crippen molar-refractivity contribution in [3.63, 3.8) is 0 Å². The normalized spacial score (nSPS) is 22.7. The Morgan fingerprint density at radius 1 is 1.22 bits per heavy atom. The van der Waals surface area contributed by atoms with Gasteiger partial charge in [-0.2, -0.15) is 0 Å². The number of nitrogens with one attached hydrogen (secondary N) is 1. The molecule has 5 nitrogen and oxygen atoms in total. The van der Waals surface area contributed by atoms with E-state index in [0.29, 0.717) is 0 Å². The number of nitrogens with zero attached hydrogens (tertiary/aromatic N) is 2. The van der Waals surface area contributed by atoms with Gasteiger partial charge in [-0.15, -0.1) is 0 Å². The third kappa shape index (κ3) is 2.78. The lowest BCUT2D eigenvalue weighted by Gasteiger charge is -2.35. The first kappa shape index (κ1) is 14.5. The molecule has 3 aromatic rings. The summed E-state index contributed by atoms with van der Waals surface area (Å²) < 4.78 is 11.5. The van der Waals surface area contributed by atoms with Gasteiger partial charge in [0.15, 0.2) is 0 Å². The Kier molecular flexibility index (Phi) is 3.67. The molecule has 2 atom stereocenters. The SMILES string of the molecule is CC1CN(Cc2c(-c3ccco3)[nH]c3ncccc23)CC(C)O1. The third-order valence-electron chi connectivity index (χ3n) is 4.32. The molecular weight excluding hydrogens is 290 g/mol. The maximum Gasteiger partial charge on any atom is 0.150 e. The van der Waals surface area contributed by atoms with Gasteiger partial charge in [-0.25, -0.2) is 4.98 Å². The fraction of sp³-hybridized carbons (Fsp3) is 0.389. The highest BCUT2D eigenvalue weighted by molar-refractivity contribution is 5.87. The first-order valence-electron chi connectivity index (χ1n) is 8.08. The average molecular weight is 311 g/mol. The zero-order valence-electron chi connectivity index (χ0n) is 13.5. The molecule has 2 unspecified atom stereocenters. The molecule has 23 heavy (non-hydrogen) atoms. The number of rotatable bonds is 3. The van der Waals surface area contributed by atoms with Crippen molar-refractivity contribution >= 4 is 11.0 Å². The Hall–Kier alpha value is -2.11. The Morgan fingerprint density at radius 3 is 2.78 bits per heavy atom. The first-order chi connectivity index (χ1) is 11.2. The maximum atomic E-state index is 5.85. The largest absolute Gasteiger partial charge is 0.463 e. The Labute approximate surface area is 135 Å². The van der Waals surface area contributed by atoms with Gasteiger partial charge in [0.2, 0.25) is 0 Å². The molecule has 1 fully saturated rings. The zero-order valence-corrected chi connectivity index (χ0v) is 13.5. The second kappa shape index (κ2) is 5.83. The van der Waals surface area contributed by atoms with Crippen molar-refractivity contribution in [2.24, 2.45) is 0 Å². The van der Waals surface area contributed by atoms with Gasteiger partial charge >= 0.3 is 0 Å². The third-order valence-corrected chi connectivity index (χ3v) is 4.32. The molecule has 0 bridgehead atoms. The van der Waals surface area contributed by atoms with Crippen LogP contribution in [0.2, 0.25) is 0 Å². The van der Waals surface area contributed by atoms with Crippen molar-refractivity contribution in [3.05, 3.63) is 42.3 Å². The second-order valence-electron chi connectivity index (χ2n) is 6.31. The molecule has 0 spiro atoms. The van der Waals surface area contributed by atoms with Crippen LogP contribution in [0.15, 0.2) is 41.1 Å². The summed E-state index contributed by atoms with van der Waals surface area (Å²) in [6.07, 6.45) is 4.04. The number of pyridine rings is 1. The van der Waals surface area contributed by atoms with Crippen LogP contribution in [0.1, 0.15) is 19.4 Å². The van der Waals surface area contributed by atoms with E-state index in [4.69, 9.17) is 9.15 Å². The van der Waals surface area contributed by atoms with Crippen LogP contribution in [-0.4, -0.2) is 40.2 Å². The maximum absolute atomic E-state index is 5.85. The molecule has 0 aromatic carbocycles. The van der Waals surface area contributed by atoms with Gasteiger partial charge < -0.3 is 14.1 Å². The molecule has 0 aliphatic carbocycles. The van der Waals surface area contributed by atoms with Crippen molar-refractivity contribution in [2.45, 2.75) is 32.6 Å². The lowest BCUT2D eigenvalue weighted by atomic mass is 10.1. The van der Waals surface area contributed by atoms with Gasteiger partial charge in [0.25, 0.3) is 0 Å². The Bertz CT molecular complexity index is 784. The molecule has 1 aliphatic heterocycles. The van der Waals surface area contributed by atoms with Gasteiger partial charge in [0.1, 0.15) is 11.4 Å². The lowest BCUT2D eigenvalue weighted by molar-refractivity contribution is -0.0703. The van der Waals surface area contributed by atoms with Crippen molar-refractivity contribution in [3.8, 4) is 11.5 Å². The highest BCUT2D eigenvalue weighted by Crippen LogP contribution is 2.31. The van der Waals surface area contributed by atoms with Crippen LogP contribution in [-0.2, 0) is 11.3 Å². The van der Waals surface area contributed by atoms with Gasteiger partial charge in [-0.3, -0.25) is 4.90 Å². The van der Waals surface area contributed by atoms with E-state index < -0.39 is 0 Å². The molecule has 0 saturated carbocycles. The van der Waals surface area contributed by atoms with Crippen molar-refractivity contribution in [2.75, 3.05) is 13.1 Å². The smallest absolute Gasteiger partial charge is 0.150 e. The van der Waals surface area contributed by atoms with E-state index in [9.17, 15) is 0 Å².